The zero-order valence-corrected chi connectivity index (χ0v) is 10.8. The molecule has 0 aliphatic heterocycles. The van der Waals surface area contributed by atoms with Gasteiger partial charge in [0.15, 0.2) is 0 Å². The van der Waals surface area contributed by atoms with E-state index < -0.39 is 6.10 Å². The molecular weight excluding hydrogens is 216 g/mol. The Morgan fingerprint density at radius 1 is 1.35 bits per heavy atom. The van der Waals surface area contributed by atoms with Crippen molar-refractivity contribution in [3.05, 3.63) is 24.0 Å². The van der Waals surface area contributed by atoms with E-state index in [4.69, 9.17) is 0 Å². The Bertz CT molecular complexity index is 325. The first-order chi connectivity index (χ1) is 8.04. The van der Waals surface area contributed by atoms with Crippen molar-refractivity contribution in [3.8, 4) is 0 Å². The van der Waals surface area contributed by atoms with E-state index in [2.05, 4.69) is 4.98 Å². The molecule has 1 aromatic rings. The number of hydrogen-bond donors (Lipinski definition) is 2. The third-order valence-electron chi connectivity index (χ3n) is 2.82. The summed E-state index contributed by atoms with van der Waals surface area (Å²) in [6, 6.07) is 3.80. The summed E-state index contributed by atoms with van der Waals surface area (Å²) in [5.41, 5.74) is 1.71. The fraction of sp³-hybridized carbons (Fsp3) is 0.615. The number of nitrogens with zero attached hydrogens (tertiary/aromatic N) is 2. The molecule has 0 aromatic carbocycles. The summed E-state index contributed by atoms with van der Waals surface area (Å²) in [5, 5.41) is 18.8. The van der Waals surface area contributed by atoms with E-state index in [1.807, 2.05) is 31.0 Å². The highest BCUT2D eigenvalue weighted by Gasteiger charge is 2.08. The van der Waals surface area contributed by atoms with Crippen LogP contribution in [0.25, 0.3) is 0 Å². The van der Waals surface area contributed by atoms with Crippen molar-refractivity contribution in [1.29, 1.82) is 0 Å². The van der Waals surface area contributed by atoms with Crippen LogP contribution in [0.4, 0.5) is 5.69 Å². The lowest BCUT2D eigenvalue weighted by molar-refractivity contribution is 0.169. The average Bonchev–Trinajstić information content (AvgIpc) is 2.35. The molecule has 2 atom stereocenters. The van der Waals surface area contributed by atoms with Crippen molar-refractivity contribution < 1.29 is 10.2 Å². The van der Waals surface area contributed by atoms with Crippen LogP contribution in [-0.4, -0.2) is 34.9 Å². The van der Waals surface area contributed by atoms with Crippen LogP contribution >= 0.6 is 0 Å². The van der Waals surface area contributed by atoms with Crippen molar-refractivity contribution in [2.75, 3.05) is 18.5 Å². The summed E-state index contributed by atoms with van der Waals surface area (Å²) in [6.07, 6.45) is 2.40. The van der Waals surface area contributed by atoms with Gasteiger partial charge < -0.3 is 15.1 Å². The van der Waals surface area contributed by atoms with Gasteiger partial charge in [-0.05, 0) is 31.9 Å². The van der Waals surface area contributed by atoms with Crippen LogP contribution < -0.4 is 4.90 Å². The minimum absolute atomic E-state index is 0.286. The molecule has 0 spiro atoms. The zero-order chi connectivity index (χ0) is 12.8. The highest BCUT2D eigenvalue weighted by Crippen LogP contribution is 2.17. The van der Waals surface area contributed by atoms with Crippen molar-refractivity contribution in [2.24, 2.45) is 0 Å². The van der Waals surface area contributed by atoms with Gasteiger partial charge in [0.2, 0.25) is 0 Å². The Hall–Kier alpha value is -1.13. The Labute approximate surface area is 103 Å². The first-order valence-electron chi connectivity index (χ1n) is 6.07. The molecule has 0 saturated carbocycles. The lowest BCUT2D eigenvalue weighted by atomic mass is 10.2. The third kappa shape index (κ3) is 4.32. The van der Waals surface area contributed by atoms with Gasteiger partial charge in [-0.25, -0.2) is 0 Å². The molecule has 1 rings (SSSR count). The number of pyridine rings is 1. The number of anilines is 1. The number of aliphatic hydroxyl groups is 2. The molecule has 17 heavy (non-hydrogen) atoms. The maximum absolute atomic E-state index is 9.63. The lowest BCUT2D eigenvalue weighted by Gasteiger charge is -2.20. The summed E-state index contributed by atoms with van der Waals surface area (Å²) in [5.74, 6) is 0. The van der Waals surface area contributed by atoms with Crippen LogP contribution in [0.3, 0.4) is 0 Å². The van der Waals surface area contributed by atoms with Crippen LogP contribution in [-0.2, 0) is 0 Å². The summed E-state index contributed by atoms with van der Waals surface area (Å²) < 4.78 is 0. The number of aliphatic hydroxyl groups excluding tert-OH is 2. The van der Waals surface area contributed by atoms with Crippen molar-refractivity contribution >= 4 is 5.69 Å². The zero-order valence-electron chi connectivity index (χ0n) is 10.8. The van der Waals surface area contributed by atoms with E-state index in [1.54, 1.807) is 13.1 Å². The standard InChI is InChI=1S/C13H22N2O2/c1-4-13(17)12-6-5-11(9-14-12)15(3)8-7-10(2)16/h5-6,9-10,13,16-17H,4,7-8H2,1-3H3/t10?,13-/m0/s1. The first-order valence-corrected chi connectivity index (χ1v) is 6.07. The molecule has 0 saturated heterocycles. The van der Waals surface area contributed by atoms with E-state index in [1.165, 1.54) is 0 Å². The second-order valence-corrected chi connectivity index (χ2v) is 4.42. The van der Waals surface area contributed by atoms with E-state index in [0.29, 0.717) is 12.1 Å². The summed E-state index contributed by atoms with van der Waals surface area (Å²) >= 11 is 0. The van der Waals surface area contributed by atoms with Gasteiger partial charge >= 0.3 is 0 Å². The van der Waals surface area contributed by atoms with Crippen molar-refractivity contribution in [2.45, 2.75) is 38.9 Å². The van der Waals surface area contributed by atoms with Gasteiger partial charge in [-0.3, -0.25) is 4.98 Å². The normalized spacial score (nSPS) is 14.4. The lowest BCUT2D eigenvalue weighted by Crippen LogP contribution is -2.22. The molecule has 0 bridgehead atoms. The molecule has 2 N–H and O–H groups in total. The fourth-order valence-electron chi connectivity index (χ4n) is 1.54. The molecule has 96 valence electrons. The van der Waals surface area contributed by atoms with Crippen LogP contribution in [0.5, 0.6) is 0 Å². The van der Waals surface area contributed by atoms with Crippen LogP contribution in [0, 0.1) is 0 Å². The van der Waals surface area contributed by atoms with Gasteiger partial charge in [0.05, 0.1) is 29.8 Å². The maximum atomic E-state index is 9.63. The molecule has 0 fully saturated rings. The first kappa shape index (κ1) is 13.9. The van der Waals surface area contributed by atoms with Crippen LogP contribution in [0.15, 0.2) is 18.3 Å². The molecule has 1 heterocycles. The van der Waals surface area contributed by atoms with Gasteiger partial charge in [0.25, 0.3) is 0 Å². The number of aromatic nitrogens is 1. The molecule has 1 aromatic heterocycles. The van der Waals surface area contributed by atoms with Crippen LogP contribution in [0.2, 0.25) is 0 Å². The molecular formula is C13H22N2O2. The molecule has 0 radical (unpaired) electrons. The number of rotatable bonds is 6. The van der Waals surface area contributed by atoms with Gasteiger partial charge in [-0.15, -0.1) is 0 Å². The van der Waals surface area contributed by atoms with Gasteiger partial charge in [0, 0.05) is 13.6 Å². The van der Waals surface area contributed by atoms with Gasteiger partial charge in [-0.1, -0.05) is 6.92 Å². The summed E-state index contributed by atoms with van der Waals surface area (Å²) in [6.45, 7) is 4.50. The van der Waals surface area contributed by atoms with E-state index in [9.17, 15) is 10.2 Å². The molecule has 4 heteroatoms. The predicted molar refractivity (Wildman–Crippen MR) is 69.1 cm³/mol. The molecule has 4 nitrogen and oxygen atoms in total. The Morgan fingerprint density at radius 2 is 2.06 bits per heavy atom. The largest absolute Gasteiger partial charge is 0.393 e. The second kappa shape index (κ2) is 6.57. The topological polar surface area (TPSA) is 56.6 Å². The highest BCUT2D eigenvalue weighted by molar-refractivity contribution is 5.43. The fourth-order valence-corrected chi connectivity index (χ4v) is 1.54. The minimum atomic E-state index is -0.480. The Morgan fingerprint density at radius 3 is 2.53 bits per heavy atom. The minimum Gasteiger partial charge on any atom is -0.393 e. The molecule has 0 aliphatic rings. The quantitative estimate of drug-likeness (QED) is 0.792. The van der Waals surface area contributed by atoms with Gasteiger partial charge in [0.1, 0.15) is 0 Å². The van der Waals surface area contributed by atoms with Crippen molar-refractivity contribution in [1.82, 2.24) is 4.98 Å². The summed E-state index contributed by atoms with van der Waals surface area (Å²) in [4.78, 5) is 6.29. The Kier molecular flexibility index (Phi) is 5.38. The Balaban J connectivity index is 2.60. The highest BCUT2D eigenvalue weighted by atomic mass is 16.3. The molecule has 0 amide bonds. The second-order valence-electron chi connectivity index (χ2n) is 4.42. The average molecular weight is 238 g/mol. The number of hydrogen-bond acceptors (Lipinski definition) is 4. The maximum Gasteiger partial charge on any atom is 0.0957 e. The third-order valence-corrected chi connectivity index (χ3v) is 2.82. The van der Waals surface area contributed by atoms with Gasteiger partial charge in [-0.2, -0.15) is 0 Å². The SMILES string of the molecule is CC[C@H](O)c1ccc(N(C)CCC(C)O)cn1. The van der Waals surface area contributed by atoms with Crippen molar-refractivity contribution in [3.63, 3.8) is 0 Å². The monoisotopic (exact) mass is 238 g/mol. The van der Waals surface area contributed by atoms with Crippen LogP contribution in [0.1, 0.15) is 38.5 Å². The van der Waals surface area contributed by atoms with E-state index in [0.717, 1.165) is 18.7 Å². The predicted octanol–water partition coefficient (Wildman–Crippen LogP) is 1.73. The molecule has 1 unspecified atom stereocenters. The van der Waals surface area contributed by atoms with E-state index >= 15 is 0 Å². The summed E-state index contributed by atoms with van der Waals surface area (Å²) in [7, 11) is 1.97. The smallest absolute Gasteiger partial charge is 0.0957 e. The molecule has 0 aliphatic carbocycles. The van der Waals surface area contributed by atoms with E-state index in [-0.39, 0.29) is 6.10 Å².